The third kappa shape index (κ3) is 3.10. The average molecular weight is 215 g/mol. The maximum atomic E-state index is 5.44. The Labute approximate surface area is 89.2 Å². The molecular formula is C10H17NO2S. The number of hydrogen-bond donors (Lipinski definition) is 1. The van der Waals surface area contributed by atoms with Gasteiger partial charge in [0, 0.05) is 6.04 Å². The molecule has 0 atom stereocenters. The van der Waals surface area contributed by atoms with E-state index in [9.17, 15) is 0 Å². The quantitative estimate of drug-likeness (QED) is 0.770. The van der Waals surface area contributed by atoms with E-state index in [4.69, 9.17) is 9.47 Å². The predicted molar refractivity (Wildman–Crippen MR) is 58.3 cm³/mol. The second-order valence-electron chi connectivity index (χ2n) is 3.57. The third-order valence-electron chi connectivity index (χ3n) is 2.49. The van der Waals surface area contributed by atoms with Crippen molar-refractivity contribution in [2.24, 2.45) is 0 Å². The Balaban J connectivity index is 1.67. The molecule has 2 aliphatic rings. The number of rotatable bonds is 3. The van der Waals surface area contributed by atoms with Crippen molar-refractivity contribution in [3.63, 3.8) is 0 Å². The van der Waals surface area contributed by atoms with Gasteiger partial charge in [0.25, 0.3) is 0 Å². The fourth-order valence-corrected chi connectivity index (χ4v) is 2.75. The highest BCUT2D eigenvalue weighted by atomic mass is 32.2. The van der Waals surface area contributed by atoms with Crippen LogP contribution in [0.15, 0.2) is 12.0 Å². The van der Waals surface area contributed by atoms with Crippen LogP contribution in [-0.4, -0.2) is 37.3 Å². The molecule has 1 saturated heterocycles. The van der Waals surface area contributed by atoms with Crippen LogP contribution in [-0.2, 0) is 9.47 Å². The SMILES string of the molecule is C1=C(CNC2CCSCC2)OCCO1. The van der Waals surface area contributed by atoms with Crippen molar-refractivity contribution in [3.05, 3.63) is 12.0 Å². The summed E-state index contributed by atoms with van der Waals surface area (Å²) in [5.74, 6) is 3.51. The number of ether oxygens (including phenoxy) is 2. The van der Waals surface area contributed by atoms with Gasteiger partial charge in [-0.3, -0.25) is 0 Å². The molecule has 3 nitrogen and oxygen atoms in total. The highest BCUT2D eigenvalue weighted by Gasteiger charge is 2.14. The van der Waals surface area contributed by atoms with Crippen LogP contribution in [0.5, 0.6) is 0 Å². The lowest BCUT2D eigenvalue weighted by atomic mass is 10.1. The van der Waals surface area contributed by atoms with E-state index < -0.39 is 0 Å². The lowest BCUT2D eigenvalue weighted by Crippen LogP contribution is -2.34. The molecular weight excluding hydrogens is 198 g/mol. The van der Waals surface area contributed by atoms with E-state index in [1.54, 1.807) is 6.26 Å². The summed E-state index contributed by atoms with van der Waals surface area (Å²) >= 11 is 2.05. The van der Waals surface area contributed by atoms with Crippen molar-refractivity contribution < 1.29 is 9.47 Å². The topological polar surface area (TPSA) is 30.5 Å². The zero-order valence-corrected chi connectivity index (χ0v) is 9.15. The second kappa shape index (κ2) is 5.51. The molecule has 1 fully saturated rings. The van der Waals surface area contributed by atoms with Gasteiger partial charge < -0.3 is 14.8 Å². The van der Waals surface area contributed by atoms with Gasteiger partial charge in [0.2, 0.25) is 0 Å². The van der Waals surface area contributed by atoms with Crippen LogP contribution in [0.1, 0.15) is 12.8 Å². The summed E-state index contributed by atoms with van der Waals surface area (Å²) in [6.45, 7) is 2.19. The van der Waals surface area contributed by atoms with Gasteiger partial charge in [-0.05, 0) is 24.3 Å². The van der Waals surface area contributed by atoms with E-state index in [0.29, 0.717) is 19.3 Å². The molecule has 0 aromatic heterocycles. The van der Waals surface area contributed by atoms with Gasteiger partial charge in [0.1, 0.15) is 25.2 Å². The van der Waals surface area contributed by atoms with E-state index in [-0.39, 0.29) is 0 Å². The zero-order chi connectivity index (χ0) is 9.64. The normalized spacial score (nSPS) is 23.6. The maximum Gasteiger partial charge on any atom is 0.144 e. The predicted octanol–water partition coefficient (Wildman–Crippen LogP) is 1.36. The molecule has 0 radical (unpaired) electrons. The zero-order valence-electron chi connectivity index (χ0n) is 8.33. The number of nitrogens with one attached hydrogen (secondary N) is 1. The summed E-state index contributed by atoms with van der Waals surface area (Å²) in [6, 6.07) is 0.669. The van der Waals surface area contributed by atoms with Crippen molar-refractivity contribution in [1.29, 1.82) is 0 Å². The first-order valence-corrected chi connectivity index (χ1v) is 6.35. The van der Waals surface area contributed by atoms with Crippen molar-refractivity contribution >= 4 is 11.8 Å². The van der Waals surface area contributed by atoms with Crippen LogP contribution in [0.2, 0.25) is 0 Å². The van der Waals surface area contributed by atoms with Gasteiger partial charge >= 0.3 is 0 Å². The van der Waals surface area contributed by atoms with Crippen molar-refractivity contribution in [1.82, 2.24) is 5.32 Å². The Hall–Kier alpha value is -0.350. The largest absolute Gasteiger partial charge is 0.494 e. The Morgan fingerprint density at radius 2 is 2.21 bits per heavy atom. The van der Waals surface area contributed by atoms with Crippen LogP contribution < -0.4 is 5.32 Å². The molecule has 0 unspecified atom stereocenters. The summed E-state index contributed by atoms with van der Waals surface area (Å²) in [7, 11) is 0. The summed E-state index contributed by atoms with van der Waals surface area (Å²) in [6.07, 6.45) is 4.28. The van der Waals surface area contributed by atoms with Crippen molar-refractivity contribution in [2.75, 3.05) is 31.3 Å². The molecule has 0 aromatic carbocycles. The monoisotopic (exact) mass is 215 g/mol. The lowest BCUT2D eigenvalue weighted by Gasteiger charge is -2.24. The highest BCUT2D eigenvalue weighted by molar-refractivity contribution is 7.99. The van der Waals surface area contributed by atoms with Crippen LogP contribution >= 0.6 is 11.8 Å². The molecule has 0 aliphatic carbocycles. The first kappa shape index (κ1) is 10.2. The minimum atomic E-state index is 0.669. The van der Waals surface area contributed by atoms with E-state index in [1.165, 1.54) is 24.3 Å². The molecule has 0 spiro atoms. The van der Waals surface area contributed by atoms with E-state index in [1.807, 2.05) is 11.8 Å². The summed E-state index contributed by atoms with van der Waals surface area (Å²) in [4.78, 5) is 0. The maximum absolute atomic E-state index is 5.44. The van der Waals surface area contributed by atoms with Crippen LogP contribution in [0.4, 0.5) is 0 Å². The Bertz CT molecular complexity index is 202. The minimum absolute atomic E-state index is 0.669. The molecule has 80 valence electrons. The van der Waals surface area contributed by atoms with Crippen LogP contribution in [0, 0.1) is 0 Å². The molecule has 2 aliphatic heterocycles. The van der Waals surface area contributed by atoms with E-state index in [0.717, 1.165) is 12.3 Å². The molecule has 0 saturated carbocycles. The van der Waals surface area contributed by atoms with Crippen molar-refractivity contribution in [2.45, 2.75) is 18.9 Å². The average Bonchev–Trinajstić information content (AvgIpc) is 2.29. The van der Waals surface area contributed by atoms with Crippen LogP contribution in [0.3, 0.4) is 0 Å². The molecule has 4 heteroatoms. The van der Waals surface area contributed by atoms with Gasteiger partial charge in [0.15, 0.2) is 0 Å². The second-order valence-corrected chi connectivity index (χ2v) is 4.80. The number of thioether (sulfide) groups is 1. The van der Waals surface area contributed by atoms with E-state index in [2.05, 4.69) is 5.32 Å². The Kier molecular flexibility index (Phi) is 4.01. The molecule has 0 bridgehead atoms. The van der Waals surface area contributed by atoms with Crippen molar-refractivity contribution in [3.8, 4) is 0 Å². The number of hydrogen-bond acceptors (Lipinski definition) is 4. The summed E-state index contributed by atoms with van der Waals surface area (Å²) in [5, 5.41) is 3.50. The van der Waals surface area contributed by atoms with Gasteiger partial charge in [-0.1, -0.05) is 0 Å². The molecule has 2 heterocycles. The Morgan fingerprint density at radius 3 is 2.93 bits per heavy atom. The van der Waals surface area contributed by atoms with Crippen LogP contribution in [0.25, 0.3) is 0 Å². The van der Waals surface area contributed by atoms with E-state index >= 15 is 0 Å². The summed E-state index contributed by atoms with van der Waals surface area (Å²) < 4.78 is 10.6. The molecule has 14 heavy (non-hydrogen) atoms. The van der Waals surface area contributed by atoms with Gasteiger partial charge in [-0.2, -0.15) is 11.8 Å². The Morgan fingerprint density at radius 1 is 1.36 bits per heavy atom. The third-order valence-corrected chi connectivity index (χ3v) is 3.54. The fraction of sp³-hybridized carbons (Fsp3) is 0.800. The molecule has 1 N–H and O–H groups in total. The highest BCUT2D eigenvalue weighted by Crippen LogP contribution is 2.17. The summed E-state index contributed by atoms with van der Waals surface area (Å²) in [5.41, 5.74) is 0. The first-order valence-electron chi connectivity index (χ1n) is 5.20. The van der Waals surface area contributed by atoms with Gasteiger partial charge in [-0.25, -0.2) is 0 Å². The lowest BCUT2D eigenvalue weighted by molar-refractivity contribution is 0.0803. The van der Waals surface area contributed by atoms with Gasteiger partial charge in [0.05, 0.1) is 6.54 Å². The minimum Gasteiger partial charge on any atom is -0.494 e. The smallest absolute Gasteiger partial charge is 0.144 e. The first-order chi connectivity index (χ1) is 6.95. The fourth-order valence-electron chi connectivity index (χ4n) is 1.65. The molecule has 2 rings (SSSR count). The molecule has 0 aromatic rings. The molecule has 0 amide bonds. The van der Waals surface area contributed by atoms with Gasteiger partial charge in [-0.15, -0.1) is 0 Å². The standard InChI is InChI=1S/C10H17NO2S/c1-5-14-6-2-9(1)11-7-10-8-12-3-4-13-10/h8-9,11H,1-7H2.